The van der Waals surface area contributed by atoms with Gasteiger partial charge in [0.15, 0.2) is 11.4 Å². The van der Waals surface area contributed by atoms with Crippen LogP contribution in [0.1, 0.15) is 36.9 Å². The number of fused-ring (bicyclic) bond motifs is 1. The maximum absolute atomic E-state index is 12.1. The van der Waals surface area contributed by atoms with Crippen molar-refractivity contribution in [1.82, 2.24) is 40.2 Å². The van der Waals surface area contributed by atoms with Crippen LogP contribution in [0.3, 0.4) is 0 Å². The summed E-state index contributed by atoms with van der Waals surface area (Å²) in [5, 5.41) is 19.8. The topological polar surface area (TPSA) is 172 Å². The summed E-state index contributed by atoms with van der Waals surface area (Å²) in [7, 11) is 3.06. The van der Waals surface area contributed by atoms with E-state index in [-0.39, 0.29) is 42.9 Å². The molecule has 0 aliphatic carbocycles. The van der Waals surface area contributed by atoms with Gasteiger partial charge in [-0.2, -0.15) is 0 Å². The van der Waals surface area contributed by atoms with Crippen molar-refractivity contribution in [2.24, 2.45) is 0 Å². The number of benzene rings is 1. The van der Waals surface area contributed by atoms with Gasteiger partial charge in [0, 0.05) is 91.0 Å². The number of imidazole rings is 1. The Hall–Kier alpha value is -5.44. The Bertz CT molecular complexity index is 2250. The molecule has 1 aromatic carbocycles. The molecular weight excluding hydrogens is 735 g/mol. The first-order valence-corrected chi connectivity index (χ1v) is 18.2. The third-order valence-corrected chi connectivity index (χ3v) is 10.4. The van der Waals surface area contributed by atoms with E-state index in [1.165, 1.54) is 12.0 Å². The van der Waals surface area contributed by atoms with Gasteiger partial charge in [0.25, 0.3) is 0 Å². The number of pyridine rings is 3. The highest BCUT2D eigenvalue weighted by Gasteiger charge is 2.27. The second-order valence-corrected chi connectivity index (χ2v) is 14.0. The Morgan fingerprint density at radius 3 is 2.41 bits per heavy atom. The molecule has 7 rings (SSSR count). The van der Waals surface area contributed by atoms with Gasteiger partial charge < -0.3 is 39.8 Å². The highest BCUT2D eigenvalue weighted by molar-refractivity contribution is 6.39. The Morgan fingerprint density at radius 2 is 1.70 bits per heavy atom. The Balaban J connectivity index is 1.14. The van der Waals surface area contributed by atoms with Crippen LogP contribution in [-0.4, -0.2) is 86.7 Å². The Labute approximate surface area is 320 Å². The van der Waals surface area contributed by atoms with Crippen LogP contribution < -0.4 is 25.4 Å². The zero-order valence-corrected chi connectivity index (χ0v) is 31.1. The van der Waals surface area contributed by atoms with E-state index in [2.05, 4.69) is 20.9 Å². The molecule has 2 aliphatic heterocycles. The third kappa shape index (κ3) is 7.77. The molecule has 2 fully saturated rings. The molecule has 14 nitrogen and oxygen atoms in total. The van der Waals surface area contributed by atoms with Crippen molar-refractivity contribution in [2.45, 2.75) is 50.9 Å². The second kappa shape index (κ2) is 15.9. The lowest BCUT2D eigenvalue weighted by molar-refractivity contribution is -0.120. The largest absolute Gasteiger partial charge is 0.493 e. The van der Waals surface area contributed by atoms with Gasteiger partial charge in [-0.1, -0.05) is 41.4 Å². The molecule has 5 aromatic rings. The van der Waals surface area contributed by atoms with E-state index < -0.39 is 6.09 Å². The summed E-state index contributed by atoms with van der Waals surface area (Å²) in [5.74, 6) is 0.801. The molecule has 54 heavy (non-hydrogen) atoms. The van der Waals surface area contributed by atoms with Crippen molar-refractivity contribution in [1.29, 1.82) is 0 Å². The van der Waals surface area contributed by atoms with Crippen LogP contribution in [-0.2, 0) is 22.7 Å². The summed E-state index contributed by atoms with van der Waals surface area (Å²) < 4.78 is 13.2. The molecule has 280 valence electrons. The number of carbonyl (C=O) groups is 3. The monoisotopic (exact) mass is 772 g/mol. The maximum Gasteiger partial charge on any atom is 0.407 e. The van der Waals surface area contributed by atoms with Crippen molar-refractivity contribution in [3.63, 3.8) is 0 Å². The summed E-state index contributed by atoms with van der Waals surface area (Å²) in [6.07, 6.45) is 6.70. The minimum Gasteiger partial charge on any atom is -0.493 e. The number of nitrogens with one attached hydrogen (secondary N) is 3. The first kappa shape index (κ1) is 36.9. The fourth-order valence-electron chi connectivity index (χ4n) is 6.89. The lowest BCUT2D eigenvalue weighted by Crippen LogP contribution is -2.41. The normalized spacial score (nSPS) is 16.7. The first-order chi connectivity index (χ1) is 26.1. The lowest BCUT2D eigenvalue weighted by Gasteiger charge is -2.23. The van der Waals surface area contributed by atoms with Crippen molar-refractivity contribution in [3.8, 4) is 45.3 Å². The van der Waals surface area contributed by atoms with E-state index in [0.717, 1.165) is 12.1 Å². The summed E-state index contributed by atoms with van der Waals surface area (Å²) in [6, 6.07) is 12.6. The van der Waals surface area contributed by atoms with Gasteiger partial charge in [-0.25, -0.2) is 14.8 Å². The standard InChI is InChI=1S/C38H38Cl2N8O6/c1-53-30-14-22(18-47-20-25(45-36(30)47)16-41-15-23-7-10-31(49)43-23)35-34(40)27(12-13-42-35)26-4-3-5-28(33(26)39)29-9-6-21(37(46-29)54-2)17-48(38(51)52)19-24-8-11-32(50)44-24/h3-6,9,12-14,18,20,23-24,41H,7-8,10-11,15-17,19H2,1-2H3,(H,43,49)(H,44,50)(H,51,52)/t23-,24-/m0/s1. The van der Waals surface area contributed by atoms with E-state index in [4.69, 9.17) is 42.6 Å². The molecule has 6 heterocycles. The minimum absolute atomic E-state index is 0.0243. The van der Waals surface area contributed by atoms with Crippen LogP contribution in [0.25, 0.3) is 39.3 Å². The highest BCUT2D eigenvalue weighted by atomic mass is 35.5. The van der Waals surface area contributed by atoms with E-state index >= 15 is 0 Å². The zero-order chi connectivity index (χ0) is 37.9. The Kier molecular flexibility index (Phi) is 10.9. The molecule has 2 saturated heterocycles. The van der Waals surface area contributed by atoms with Crippen LogP contribution in [0, 0.1) is 0 Å². The fourth-order valence-corrected chi connectivity index (χ4v) is 7.54. The van der Waals surface area contributed by atoms with Gasteiger partial charge in [-0.15, -0.1) is 0 Å². The minimum atomic E-state index is -1.11. The van der Waals surface area contributed by atoms with Crippen LogP contribution in [0.2, 0.25) is 10.0 Å². The van der Waals surface area contributed by atoms with E-state index in [1.54, 1.807) is 31.5 Å². The average molecular weight is 774 g/mol. The van der Waals surface area contributed by atoms with Gasteiger partial charge in [-0.05, 0) is 37.1 Å². The molecule has 16 heteroatoms. The van der Waals surface area contributed by atoms with Gasteiger partial charge in [-0.3, -0.25) is 14.6 Å². The molecular formula is C38H38Cl2N8O6. The zero-order valence-electron chi connectivity index (χ0n) is 29.6. The van der Waals surface area contributed by atoms with Gasteiger partial charge in [0.05, 0.1) is 47.9 Å². The predicted octanol–water partition coefficient (Wildman–Crippen LogP) is 5.58. The molecule has 2 aliphatic rings. The van der Waals surface area contributed by atoms with Crippen molar-refractivity contribution in [2.75, 3.05) is 27.3 Å². The highest BCUT2D eigenvalue weighted by Crippen LogP contribution is 2.42. The second-order valence-electron chi connectivity index (χ2n) is 13.2. The molecule has 0 bridgehead atoms. The van der Waals surface area contributed by atoms with Crippen LogP contribution in [0.5, 0.6) is 11.6 Å². The van der Waals surface area contributed by atoms with Gasteiger partial charge >= 0.3 is 6.09 Å². The molecule has 0 radical (unpaired) electrons. The molecule has 3 amide bonds. The number of halogens is 2. The maximum atomic E-state index is 12.1. The number of nitrogens with zero attached hydrogens (tertiary/aromatic N) is 5. The van der Waals surface area contributed by atoms with Crippen molar-refractivity contribution >= 4 is 46.8 Å². The smallest absolute Gasteiger partial charge is 0.407 e. The first-order valence-electron chi connectivity index (χ1n) is 17.4. The quantitative estimate of drug-likeness (QED) is 0.119. The lowest BCUT2D eigenvalue weighted by atomic mass is 10.00. The summed E-state index contributed by atoms with van der Waals surface area (Å²) in [4.78, 5) is 50.6. The SMILES string of the molecule is COc1nc(-c2cccc(-c3ccnc(-c4cc(OC)c5nc(CNC[C@@H]6CCC(=O)N6)cn5c4)c3Cl)c2Cl)ccc1CN(C[C@@H]1CCC(=O)N1)C(=O)O. The van der Waals surface area contributed by atoms with Crippen molar-refractivity contribution < 1.29 is 29.0 Å². The van der Waals surface area contributed by atoms with Crippen LogP contribution in [0.15, 0.2) is 61.1 Å². The van der Waals surface area contributed by atoms with Gasteiger partial charge in [0.1, 0.15) is 0 Å². The number of amides is 3. The van der Waals surface area contributed by atoms with E-state index in [0.29, 0.717) is 93.0 Å². The van der Waals surface area contributed by atoms with E-state index in [9.17, 15) is 19.5 Å². The average Bonchev–Trinajstić information content (AvgIpc) is 3.90. The third-order valence-electron chi connectivity index (χ3n) is 9.59. The summed E-state index contributed by atoms with van der Waals surface area (Å²) in [6.45, 7) is 1.35. The molecule has 0 unspecified atom stereocenters. The number of methoxy groups -OCH3 is 2. The summed E-state index contributed by atoms with van der Waals surface area (Å²) >= 11 is 14.2. The molecule has 4 aromatic heterocycles. The number of hydrogen-bond acceptors (Lipinski definition) is 9. The molecule has 0 saturated carbocycles. The van der Waals surface area contributed by atoms with Crippen LogP contribution in [0.4, 0.5) is 4.79 Å². The van der Waals surface area contributed by atoms with Crippen molar-refractivity contribution in [3.05, 3.63) is 82.4 Å². The molecule has 4 N–H and O–H groups in total. The number of carbonyl (C=O) groups excluding carboxylic acids is 2. The number of hydrogen-bond donors (Lipinski definition) is 4. The predicted molar refractivity (Wildman–Crippen MR) is 203 cm³/mol. The molecule has 2 atom stereocenters. The van der Waals surface area contributed by atoms with Gasteiger partial charge in [0.2, 0.25) is 17.7 Å². The molecule has 0 spiro atoms. The van der Waals surface area contributed by atoms with Crippen LogP contribution >= 0.6 is 23.2 Å². The summed E-state index contributed by atoms with van der Waals surface area (Å²) in [5.41, 5.74) is 5.69. The Morgan fingerprint density at radius 1 is 0.963 bits per heavy atom. The number of aromatic nitrogens is 4. The number of carboxylic acid groups (broad SMARTS) is 1. The number of ether oxygens (including phenoxy) is 2. The number of rotatable bonds is 13. The van der Waals surface area contributed by atoms with E-state index in [1.807, 2.05) is 41.1 Å². The fraction of sp³-hybridized carbons (Fsp3) is 0.316.